The zero-order valence-electron chi connectivity index (χ0n) is 32.6. The molecule has 4 N–H and O–H groups in total. The highest BCUT2D eigenvalue weighted by atomic mass is 16.7. The fraction of sp³-hybridized carbons (Fsp3) is 0.946. The van der Waals surface area contributed by atoms with Gasteiger partial charge in [0.25, 0.3) is 0 Å². The van der Waals surface area contributed by atoms with Gasteiger partial charge in [0.15, 0.2) is 12.6 Å². The molecule has 3 heterocycles. The number of likely N-dealkylation sites (N-methyl/N-ethyl adjacent to an activating group) is 1. The molecule has 0 spiro atoms. The Morgan fingerprint density at radius 1 is 0.880 bits per heavy atom. The van der Waals surface area contributed by atoms with Crippen molar-refractivity contribution in [3.05, 3.63) is 0 Å². The lowest BCUT2D eigenvalue weighted by molar-refractivity contribution is -0.317. The lowest BCUT2D eigenvalue weighted by Crippen LogP contribution is -2.60. The number of carbonyl (C=O) groups is 2. The standard InChI is InChI=1S/C37H67NO12/c1-14-26-20(4)29(40)21(5)28(39)18(2)16-36(9,44)33(50-35-30(41)25(38(11)12)15-19(3)46-35)22(6)31(23(7)34(43)48-26)49-27-17-37(10,45-13)32(42)24(8)47-27/h18-27,29-33,35,40-42,44H,14-17H2,1-13H3/t18-,19-,20+,21+,22+,23-,24+,25+,26-,27+,29+,30-,31+,32+,33?,35+,36-,37-/m1/s1. The number of aliphatic hydroxyl groups is 4. The molecule has 0 bridgehead atoms. The van der Waals surface area contributed by atoms with Crippen molar-refractivity contribution < 1.29 is 58.4 Å². The Bertz CT molecular complexity index is 1120. The Balaban J connectivity index is 2.16. The van der Waals surface area contributed by atoms with E-state index < -0.39 is 102 Å². The highest BCUT2D eigenvalue weighted by molar-refractivity contribution is 5.83. The summed E-state index contributed by atoms with van der Waals surface area (Å²) in [6, 6.07) is -0.297. The van der Waals surface area contributed by atoms with Gasteiger partial charge in [-0.15, -0.1) is 0 Å². The third-order valence-electron chi connectivity index (χ3n) is 11.8. The molecule has 13 nitrogen and oxygen atoms in total. The lowest BCUT2D eigenvalue weighted by atomic mass is 9.74. The summed E-state index contributed by atoms with van der Waals surface area (Å²) in [7, 11) is 5.23. The van der Waals surface area contributed by atoms with Crippen LogP contribution < -0.4 is 0 Å². The number of hydrogen-bond donors (Lipinski definition) is 4. The number of methoxy groups -OCH3 is 1. The van der Waals surface area contributed by atoms with E-state index in [9.17, 15) is 30.0 Å². The molecule has 50 heavy (non-hydrogen) atoms. The first-order chi connectivity index (χ1) is 23.1. The van der Waals surface area contributed by atoms with E-state index in [1.807, 2.05) is 32.8 Å². The number of nitrogens with zero attached hydrogens (tertiary/aromatic N) is 1. The number of aliphatic hydroxyl groups excluding tert-OH is 3. The SMILES string of the molecule is CC[C@H]1OC(=O)[C@H](C)[C@@H](O[C@H]2C[C@@](C)(OC)[C@@H](O)[C@H](C)O2)[C@H](C)C(O[C@@H]2O[C@H](C)C[C@H](N(C)C)[C@H]2O)[C@](C)(O)C[C@@H](C)C(=O)[C@H](C)[C@@H](O)[C@H]1C. The first kappa shape index (κ1) is 43.1. The molecule has 3 aliphatic heterocycles. The monoisotopic (exact) mass is 717 g/mol. The van der Waals surface area contributed by atoms with Gasteiger partial charge < -0.3 is 53.7 Å². The molecular formula is C37H67NO12. The van der Waals surface area contributed by atoms with Crippen LogP contribution in [0.1, 0.15) is 94.9 Å². The van der Waals surface area contributed by atoms with Crippen molar-refractivity contribution in [1.82, 2.24) is 4.90 Å². The van der Waals surface area contributed by atoms with Gasteiger partial charge in [-0.2, -0.15) is 0 Å². The van der Waals surface area contributed by atoms with Crippen LogP contribution in [0.4, 0.5) is 0 Å². The van der Waals surface area contributed by atoms with Gasteiger partial charge in [-0.3, -0.25) is 9.59 Å². The van der Waals surface area contributed by atoms with E-state index in [1.54, 1.807) is 55.4 Å². The quantitative estimate of drug-likeness (QED) is 0.284. The van der Waals surface area contributed by atoms with Crippen LogP contribution in [0.3, 0.4) is 0 Å². The number of hydrogen-bond acceptors (Lipinski definition) is 13. The molecule has 0 aliphatic carbocycles. The lowest BCUT2D eigenvalue weighted by Gasteiger charge is -2.49. The van der Waals surface area contributed by atoms with Crippen LogP contribution in [0.2, 0.25) is 0 Å². The average Bonchev–Trinajstić information content (AvgIpc) is 3.05. The summed E-state index contributed by atoms with van der Waals surface area (Å²) in [5.74, 6) is -4.59. The number of Topliss-reactive ketones (excluding diaryl/α,β-unsaturated/α-hetero) is 1. The van der Waals surface area contributed by atoms with E-state index >= 15 is 0 Å². The van der Waals surface area contributed by atoms with E-state index in [0.29, 0.717) is 12.8 Å². The zero-order valence-corrected chi connectivity index (χ0v) is 32.6. The molecule has 3 aliphatic rings. The molecule has 0 aromatic heterocycles. The summed E-state index contributed by atoms with van der Waals surface area (Å²) < 4.78 is 37.3. The van der Waals surface area contributed by atoms with Crippen molar-refractivity contribution in [3.63, 3.8) is 0 Å². The van der Waals surface area contributed by atoms with E-state index in [4.69, 9.17) is 28.4 Å². The molecule has 13 heteroatoms. The van der Waals surface area contributed by atoms with Gasteiger partial charge in [-0.1, -0.05) is 34.6 Å². The number of esters is 1. The Morgan fingerprint density at radius 2 is 1.50 bits per heavy atom. The number of cyclic esters (lactones) is 1. The van der Waals surface area contributed by atoms with Crippen LogP contribution in [0.25, 0.3) is 0 Å². The van der Waals surface area contributed by atoms with Crippen molar-refractivity contribution in [2.75, 3.05) is 21.2 Å². The number of ketones is 1. The van der Waals surface area contributed by atoms with Crippen molar-refractivity contribution in [1.29, 1.82) is 0 Å². The van der Waals surface area contributed by atoms with Crippen LogP contribution in [0.5, 0.6) is 0 Å². The van der Waals surface area contributed by atoms with Crippen molar-refractivity contribution in [2.45, 2.75) is 174 Å². The smallest absolute Gasteiger partial charge is 0.311 e. The van der Waals surface area contributed by atoms with Gasteiger partial charge in [0, 0.05) is 43.2 Å². The van der Waals surface area contributed by atoms with Gasteiger partial charge in [0.2, 0.25) is 0 Å². The fourth-order valence-electron chi connectivity index (χ4n) is 8.36. The van der Waals surface area contributed by atoms with Crippen LogP contribution in [-0.2, 0) is 38.0 Å². The normalized spacial score (nSPS) is 49.0. The first-order valence-electron chi connectivity index (χ1n) is 18.4. The number of ether oxygens (including phenoxy) is 6. The van der Waals surface area contributed by atoms with Crippen molar-refractivity contribution in [3.8, 4) is 0 Å². The molecule has 3 rings (SSSR count). The maximum Gasteiger partial charge on any atom is 0.311 e. The molecule has 0 amide bonds. The number of rotatable bonds is 7. The summed E-state index contributed by atoms with van der Waals surface area (Å²) >= 11 is 0. The third kappa shape index (κ3) is 9.45. The molecule has 292 valence electrons. The summed E-state index contributed by atoms with van der Waals surface area (Å²) in [6.45, 7) is 17.4. The van der Waals surface area contributed by atoms with Gasteiger partial charge in [-0.05, 0) is 68.0 Å². The predicted octanol–water partition coefficient (Wildman–Crippen LogP) is 2.67. The Labute approximate surface area is 299 Å². The topological polar surface area (TPSA) is 174 Å². The fourth-order valence-corrected chi connectivity index (χ4v) is 8.36. The van der Waals surface area contributed by atoms with E-state index in [2.05, 4.69) is 0 Å². The summed E-state index contributed by atoms with van der Waals surface area (Å²) in [6.07, 6.45) is -7.91. The van der Waals surface area contributed by atoms with E-state index in [1.165, 1.54) is 7.11 Å². The van der Waals surface area contributed by atoms with Gasteiger partial charge in [0.1, 0.15) is 24.1 Å². The average molecular weight is 718 g/mol. The maximum absolute atomic E-state index is 14.0. The molecule has 0 saturated carbocycles. The van der Waals surface area contributed by atoms with Gasteiger partial charge in [0.05, 0.1) is 47.6 Å². The second kappa shape index (κ2) is 17.3. The molecule has 3 fully saturated rings. The minimum Gasteiger partial charge on any atom is -0.462 e. The highest BCUT2D eigenvalue weighted by Crippen LogP contribution is 2.40. The largest absolute Gasteiger partial charge is 0.462 e. The van der Waals surface area contributed by atoms with Crippen LogP contribution in [0.15, 0.2) is 0 Å². The van der Waals surface area contributed by atoms with Crippen LogP contribution in [-0.4, -0.2) is 137 Å². The second-order valence-electron chi connectivity index (χ2n) is 16.2. The third-order valence-corrected chi connectivity index (χ3v) is 11.8. The van der Waals surface area contributed by atoms with Crippen LogP contribution in [0, 0.1) is 29.6 Å². The molecule has 0 radical (unpaired) electrons. The molecule has 0 aromatic carbocycles. The summed E-state index contributed by atoms with van der Waals surface area (Å²) in [5.41, 5.74) is -2.73. The Morgan fingerprint density at radius 3 is 2.06 bits per heavy atom. The maximum atomic E-state index is 14.0. The highest BCUT2D eigenvalue weighted by Gasteiger charge is 2.52. The van der Waals surface area contributed by atoms with E-state index in [-0.39, 0.29) is 30.8 Å². The minimum atomic E-state index is -1.72. The molecule has 3 saturated heterocycles. The van der Waals surface area contributed by atoms with Gasteiger partial charge in [-0.25, -0.2) is 0 Å². The van der Waals surface area contributed by atoms with Crippen molar-refractivity contribution >= 4 is 11.8 Å². The number of carbonyl (C=O) groups excluding carboxylic acids is 2. The molecule has 18 atom stereocenters. The molecular weight excluding hydrogens is 650 g/mol. The summed E-state index contributed by atoms with van der Waals surface area (Å²) in [4.78, 5) is 29.7. The zero-order chi connectivity index (χ0) is 38.0. The Kier molecular flexibility index (Phi) is 14.9. The van der Waals surface area contributed by atoms with Crippen LogP contribution >= 0.6 is 0 Å². The second-order valence-corrected chi connectivity index (χ2v) is 16.2. The Hall–Kier alpha value is -1.26. The van der Waals surface area contributed by atoms with Gasteiger partial charge >= 0.3 is 5.97 Å². The molecule has 1 unspecified atom stereocenters. The van der Waals surface area contributed by atoms with E-state index in [0.717, 1.165) is 0 Å². The van der Waals surface area contributed by atoms with Crippen molar-refractivity contribution in [2.24, 2.45) is 29.6 Å². The summed E-state index contributed by atoms with van der Waals surface area (Å²) in [5, 5.41) is 46.0. The first-order valence-corrected chi connectivity index (χ1v) is 18.4. The minimum absolute atomic E-state index is 0.0462. The predicted molar refractivity (Wildman–Crippen MR) is 185 cm³/mol. The molecule has 0 aromatic rings.